The summed E-state index contributed by atoms with van der Waals surface area (Å²) in [5.41, 5.74) is 1.31. The number of rotatable bonds is 1. The van der Waals surface area contributed by atoms with Gasteiger partial charge in [0.25, 0.3) is 0 Å². The van der Waals surface area contributed by atoms with E-state index < -0.39 is 0 Å². The smallest absolute Gasteiger partial charge is 0.0246 e. The van der Waals surface area contributed by atoms with Crippen LogP contribution in [0.15, 0.2) is 0 Å². The highest BCUT2D eigenvalue weighted by Crippen LogP contribution is 2.61. The van der Waals surface area contributed by atoms with Gasteiger partial charge in [-0.1, -0.05) is 47.0 Å². The molecule has 0 amide bonds. The second-order valence-electron chi connectivity index (χ2n) is 6.62. The molecule has 0 aromatic heterocycles. The summed E-state index contributed by atoms with van der Waals surface area (Å²) in [7, 11) is 0. The van der Waals surface area contributed by atoms with E-state index in [1.54, 1.807) is 0 Å². The van der Waals surface area contributed by atoms with E-state index in [1.807, 2.05) is 0 Å². The summed E-state index contributed by atoms with van der Waals surface area (Å²) in [6.45, 7) is 10.1. The van der Waals surface area contributed by atoms with Crippen LogP contribution in [0.25, 0.3) is 0 Å². The number of hydrogen-bond donors (Lipinski definition) is 0. The summed E-state index contributed by atoms with van der Waals surface area (Å²) in [6, 6.07) is 0. The highest BCUT2D eigenvalue weighted by atomic mass is 14.6. The third kappa shape index (κ3) is 1.33. The minimum absolute atomic E-state index is 0.651. The van der Waals surface area contributed by atoms with Gasteiger partial charge in [0.2, 0.25) is 0 Å². The average molecular weight is 194 g/mol. The van der Waals surface area contributed by atoms with Crippen molar-refractivity contribution >= 4 is 0 Å². The molecule has 2 aliphatic carbocycles. The maximum absolute atomic E-state index is 2.57. The van der Waals surface area contributed by atoms with E-state index in [1.165, 1.54) is 38.5 Å². The minimum Gasteiger partial charge on any atom is -0.0625 e. The third-order valence-electron chi connectivity index (χ3n) is 5.79. The Morgan fingerprint density at radius 2 is 1.71 bits per heavy atom. The summed E-state index contributed by atoms with van der Waals surface area (Å²) < 4.78 is 0. The molecule has 0 radical (unpaired) electrons. The van der Waals surface area contributed by atoms with Crippen LogP contribution in [0.2, 0.25) is 0 Å². The molecule has 0 heterocycles. The van der Waals surface area contributed by atoms with Gasteiger partial charge in [-0.05, 0) is 41.9 Å². The van der Waals surface area contributed by atoms with Crippen molar-refractivity contribution in [3.8, 4) is 0 Å². The van der Waals surface area contributed by atoms with Crippen LogP contribution < -0.4 is 0 Å². The quantitative estimate of drug-likeness (QED) is 0.570. The van der Waals surface area contributed by atoms with Gasteiger partial charge < -0.3 is 0 Å². The molecule has 0 heteroatoms. The van der Waals surface area contributed by atoms with E-state index in [2.05, 4.69) is 27.7 Å². The second-order valence-corrected chi connectivity index (χ2v) is 6.62. The third-order valence-corrected chi connectivity index (χ3v) is 5.79. The first-order valence-corrected chi connectivity index (χ1v) is 6.48. The molecule has 4 atom stereocenters. The first-order valence-electron chi connectivity index (χ1n) is 6.48. The minimum atomic E-state index is 0.651. The largest absolute Gasteiger partial charge is 0.0625 e. The maximum atomic E-state index is 2.57. The Morgan fingerprint density at radius 1 is 1.00 bits per heavy atom. The van der Waals surface area contributed by atoms with Crippen molar-refractivity contribution in [1.29, 1.82) is 0 Å². The predicted molar refractivity (Wildman–Crippen MR) is 62.2 cm³/mol. The molecule has 82 valence electrons. The summed E-state index contributed by atoms with van der Waals surface area (Å²) in [5, 5.41) is 0. The molecule has 0 saturated heterocycles. The van der Waals surface area contributed by atoms with Crippen LogP contribution >= 0.6 is 0 Å². The predicted octanol–water partition coefficient (Wildman–Crippen LogP) is 4.64. The molecule has 0 aromatic rings. The summed E-state index contributed by atoms with van der Waals surface area (Å²) >= 11 is 0. The standard InChI is InChI=1S/C14H26/c1-11-7-9-13(3,10-11)14(4)8-5-6-12(14)2/h11-12H,5-10H2,1-4H3. The molecule has 2 rings (SSSR count). The maximum Gasteiger partial charge on any atom is -0.0246 e. The van der Waals surface area contributed by atoms with Crippen LogP contribution in [0.5, 0.6) is 0 Å². The second kappa shape index (κ2) is 3.25. The first-order chi connectivity index (χ1) is 6.48. The summed E-state index contributed by atoms with van der Waals surface area (Å²) in [6.07, 6.45) is 8.86. The van der Waals surface area contributed by atoms with Gasteiger partial charge in [-0.2, -0.15) is 0 Å². The molecule has 0 aliphatic heterocycles. The zero-order valence-corrected chi connectivity index (χ0v) is 10.4. The SMILES string of the molecule is CC1CCC(C)(C2(C)CCCC2C)C1. The van der Waals surface area contributed by atoms with Crippen molar-refractivity contribution in [2.45, 2.75) is 66.2 Å². The molecule has 0 N–H and O–H groups in total. The Morgan fingerprint density at radius 3 is 2.14 bits per heavy atom. The molecular weight excluding hydrogens is 168 g/mol. The molecule has 4 unspecified atom stereocenters. The van der Waals surface area contributed by atoms with E-state index in [0.29, 0.717) is 10.8 Å². The lowest BCUT2D eigenvalue weighted by Crippen LogP contribution is -2.37. The summed E-state index contributed by atoms with van der Waals surface area (Å²) in [5.74, 6) is 1.93. The van der Waals surface area contributed by atoms with E-state index in [9.17, 15) is 0 Å². The van der Waals surface area contributed by atoms with Gasteiger partial charge in [0.05, 0.1) is 0 Å². The highest BCUT2D eigenvalue weighted by Gasteiger charge is 2.52. The Hall–Kier alpha value is 0. The molecule has 14 heavy (non-hydrogen) atoms. The number of hydrogen-bond acceptors (Lipinski definition) is 0. The van der Waals surface area contributed by atoms with Crippen molar-refractivity contribution in [2.75, 3.05) is 0 Å². The van der Waals surface area contributed by atoms with Crippen LogP contribution in [0.3, 0.4) is 0 Å². The highest BCUT2D eigenvalue weighted by molar-refractivity contribution is 5.01. The molecule has 0 bridgehead atoms. The molecule has 0 aromatic carbocycles. The Labute approximate surface area is 89.5 Å². The van der Waals surface area contributed by atoms with Crippen molar-refractivity contribution in [3.63, 3.8) is 0 Å². The van der Waals surface area contributed by atoms with Gasteiger partial charge >= 0.3 is 0 Å². The van der Waals surface area contributed by atoms with Crippen LogP contribution in [-0.4, -0.2) is 0 Å². The fourth-order valence-corrected chi connectivity index (χ4v) is 4.29. The van der Waals surface area contributed by atoms with Crippen molar-refractivity contribution < 1.29 is 0 Å². The van der Waals surface area contributed by atoms with Gasteiger partial charge in [-0.15, -0.1) is 0 Å². The fourth-order valence-electron chi connectivity index (χ4n) is 4.29. The fraction of sp³-hybridized carbons (Fsp3) is 1.00. The zero-order chi connectivity index (χ0) is 10.4. The Kier molecular flexibility index (Phi) is 2.44. The topological polar surface area (TPSA) is 0 Å². The molecular formula is C14H26. The Balaban J connectivity index is 2.20. The van der Waals surface area contributed by atoms with Gasteiger partial charge in [-0.3, -0.25) is 0 Å². The van der Waals surface area contributed by atoms with Gasteiger partial charge in [-0.25, -0.2) is 0 Å². The molecule has 0 spiro atoms. The van der Waals surface area contributed by atoms with E-state index in [4.69, 9.17) is 0 Å². The van der Waals surface area contributed by atoms with Crippen molar-refractivity contribution in [3.05, 3.63) is 0 Å². The lowest BCUT2D eigenvalue weighted by Gasteiger charge is -2.45. The lowest BCUT2D eigenvalue weighted by molar-refractivity contribution is 0.0373. The zero-order valence-electron chi connectivity index (χ0n) is 10.4. The monoisotopic (exact) mass is 194 g/mol. The van der Waals surface area contributed by atoms with E-state index in [0.717, 1.165) is 11.8 Å². The van der Waals surface area contributed by atoms with Crippen LogP contribution in [0, 0.1) is 22.7 Å². The Bertz CT molecular complexity index is 220. The lowest BCUT2D eigenvalue weighted by atomic mass is 9.59. The van der Waals surface area contributed by atoms with Gasteiger partial charge in [0.15, 0.2) is 0 Å². The summed E-state index contributed by atoms with van der Waals surface area (Å²) in [4.78, 5) is 0. The van der Waals surface area contributed by atoms with Crippen molar-refractivity contribution in [1.82, 2.24) is 0 Å². The molecule has 0 nitrogen and oxygen atoms in total. The van der Waals surface area contributed by atoms with Crippen LogP contribution in [0.1, 0.15) is 66.2 Å². The molecule has 2 saturated carbocycles. The van der Waals surface area contributed by atoms with E-state index >= 15 is 0 Å². The normalized spacial score (nSPS) is 54.0. The van der Waals surface area contributed by atoms with Crippen molar-refractivity contribution in [2.24, 2.45) is 22.7 Å². The van der Waals surface area contributed by atoms with E-state index in [-0.39, 0.29) is 0 Å². The van der Waals surface area contributed by atoms with Gasteiger partial charge in [0.1, 0.15) is 0 Å². The first kappa shape index (κ1) is 10.5. The van der Waals surface area contributed by atoms with Crippen LogP contribution in [0.4, 0.5) is 0 Å². The molecule has 2 fully saturated rings. The molecule has 2 aliphatic rings. The van der Waals surface area contributed by atoms with Crippen LogP contribution in [-0.2, 0) is 0 Å². The average Bonchev–Trinajstić information content (AvgIpc) is 2.61. The van der Waals surface area contributed by atoms with Gasteiger partial charge in [0, 0.05) is 0 Å².